The van der Waals surface area contributed by atoms with Crippen LogP contribution in [0, 0.1) is 0 Å². The Morgan fingerprint density at radius 2 is 2.44 bits per heavy atom. The van der Waals surface area contributed by atoms with Gasteiger partial charge >= 0.3 is 0 Å². The van der Waals surface area contributed by atoms with E-state index in [-0.39, 0.29) is 0 Å². The summed E-state index contributed by atoms with van der Waals surface area (Å²) in [5.74, 6) is 2.11. The molecule has 16 heavy (non-hydrogen) atoms. The van der Waals surface area contributed by atoms with Crippen molar-refractivity contribution >= 4 is 0 Å². The maximum absolute atomic E-state index is 5.23. The monoisotopic (exact) mass is 219 g/mol. The van der Waals surface area contributed by atoms with Crippen molar-refractivity contribution < 1.29 is 4.42 Å². The smallest absolute Gasteiger partial charge is 0.117 e. The van der Waals surface area contributed by atoms with Gasteiger partial charge in [0.1, 0.15) is 11.6 Å². The summed E-state index contributed by atoms with van der Waals surface area (Å²) in [6.07, 6.45) is 6.55. The van der Waals surface area contributed by atoms with Crippen molar-refractivity contribution in [2.24, 2.45) is 0 Å². The molecule has 0 aromatic carbocycles. The SMILES string of the molecule is CCc1nccn1CCNCc1ccco1. The number of furan rings is 1. The zero-order valence-electron chi connectivity index (χ0n) is 9.52. The topological polar surface area (TPSA) is 43.0 Å². The minimum atomic E-state index is 0.781. The van der Waals surface area contributed by atoms with E-state index in [0.29, 0.717) is 0 Å². The Bertz CT molecular complexity index is 406. The molecule has 0 radical (unpaired) electrons. The molecular formula is C12H17N3O. The Morgan fingerprint density at radius 3 is 3.19 bits per heavy atom. The Labute approximate surface area is 95.3 Å². The van der Waals surface area contributed by atoms with Crippen molar-refractivity contribution in [3.63, 3.8) is 0 Å². The molecule has 4 heteroatoms. The number of aromatic nitrogens is 2. The molecule has 1 N–H and O–H groups in total. The van der Waals surface area contributed by atoms with E-state index >= 15 is 0 Å². The molecule has 0 saturated heterocycles. The quantitative estimate of drug-likeness (QED) is 0.754. The maximum Gasteiger partial charge on any atom is 0.117 e. The van der Waals surface area contributed by atoms with Gasteiger partial charge in [-0.25, -0.2) is 4.98 Å². The fourth-order valence-corrected chi connectivity index (χ4v) is 1.68. The summed E-state index contributed by atoms with van der Waals surface area (Å²) in [7, 11) is 0. The van der Waals surface area contributed by atoms with E-state index in [0.717, 1.165) is 37.6 Å². The normalized spacial score (nSPS) is 10.8. The molecule has 0 aliphatic heterocycles. The molecular weight excluding hydrogens is 202 g/mol. The lowest BCUT2D eigenvalue weighted by Gasteiger charge is -2.06. The van der Waals surface area contributed by atoms with Crippen molar-refractivity contribution in [3.8, 4) is 0 Å². The van der Waals surface area contributed by atoms with Crippen molar-refractivity contribution in [3.05, 3.63) is 42.4 Å². The molecule has 0 fully saturated rings. The second-order valence-electron chi connectivity index (χ2n) is 3.65. The second-order valence-corrected chi connectivity index (χ2v) is 3.65. The molecule has 0 spiro atoms. The van der Waals surface area contributed by atoms with Gasteiger partial charge in [-0.3, -0.25) is 0 Å². The first-order valence-corrected chi connectivity index (χ1v) is 5.63. The van der Waals surface area contributed by atoms with Crippen molar-refractivity contribution in [2.45, 2.75) is 26.4 Å². The second kappa shape index (κ2) is 5.51. The fraction of sp³-hybridized carbons (Fsp3) is 0.417. The summed E-state index contributed by atoms with van der Waals surface area (Å²) in [5.41, 5.74) is 0. The molecule has 0 aliphatic carbocycles. The average Bonchev–Trinajstić information content (AvgIpc) is 2.95. The van der Waals surface area contributed by atoms with E-state index in [1.54, 1.807) is 6.26 Å². The number of nitrogens with one attached hydrogen (secondary N) is 1. The number of nitrogens with zero attached hydrogens (tertiary/aromatic N) is 2. The summed E-state index contributed by atoms with van der Waals surface area (Å²) in [4.78, 5) is 4.28. The van der Waals surface area contributed by atoms with Crippen molar-refractivity contribution in [1.29, 1.82) is 0 Å². The molecule has 2 aromatic heterocycles. The van der Waals surface area contributed by atoms with Crippen LogP contribution in [-0.4, -0.2) is 16.1 Å². The highest BCUT2D eigenvalue weighted by Crippen LogP contribution is 1.99. The lowest BCUT2D eigenvalue weighted by molar-refractivity contribution is 0.474. The molecule has 2 aromatic rings. The van der Waals surface area contributed by atoms with E-state index in [2.05, 4.69) is 21.8 Å². The highest BCUT2D eigenvalue weighted by Gasteiger charge is 1.99. The highest BCUT2D eigenvalue weighted by atomic mass is 16.3. The van der Waals surface area contributed by atoms with E-state index in [9.17, 15) is 0 Å². The van der Waals surface area contributed by atoms with E-state index < -0.39 is 0 Å². The van der Waals surface area contributed by atoms with Gasteiger partial charge in [0.05, 0.1) is 12.8 Å². The maximum atomic E-state index is 5.23. The fourth-order valence-electron chi connectivity index (χ4n) is 1.68. The summed E-state index contributed by atoms with van der Waals surface area (Å²) in [6.45, 7) is 4.77. The zero-order chi connectivity index (χ0) is 11.2. The van der Waals surface area contributed by atoms with Crippen LogP contribution in [0.5, 0.6) is 0 Å². The van der Waals surface area contributed by atoms with Crippen LogP contribution in [-0.2, 0) is 19.5 Å². The summed E-state index contributed by atoms with van der Waals surface area (Å²) < 4.78 is 7.41. The van der Waals surface area contributed by atoms with Gasteiger partial charge < -0.3 is 14.3 Å². The Kier molecular flexibility index (Phi) is 3.77. The third-order valence-electron chi connectivity index (χ3n) is 2.53. The predicted molar refractivity (Wildman–Crippen MR) is 62.0 cm³/mol. The van der Waals surface area contributed by atoms with Crippen LogP contribution in [0.3, 0.4) is 0 Å². The van der Waals surface area contributed by atoms with E-state index in [1.165, 1.54) is 0 Å². The molecule has 0 atom stereocenters. The minimum absolute atomic E-state index is 0.781. The molecule has 4 nitrogen and oxygen atoms in total. The molecule has 2 rings (SSSR count). The first kappa shape index (κ1) is 11.0. The molecule has 86 valence electrons. The van der Waals surface area contributed by atoms with E-state index in [4.69, 9.17) is 4.42 Å². The van der Waals surface area contributed by atoms with Gasteiger partial charge in [-0.1, -0.05) is 6.92 Å². The Morgan fingerprint density at radius 1 is 1.50 bits per heavy atom. The zero-order valence-corrected chi connectivity index (χ0v) is 9.52. The van der Waals surface area contributed by atoms with Gasteiger partial charge in [-0.2, -0.15) is 0 Å². The van der Waals surface area contributed by atoms with Gasteiger partial charge in [-0.05, 0) is 12.1 Å². The van der Waals surface area contributed by atoms with Gasteiger partial charge in [0.2, 0.25) is 0 Å². The average molecular weight is 219 g/mol. The lowest BCUT2D eigenvalue weighted by Crippen LogP contribution is -2.19. The number of aryl methyl sites for hydroxylation is 1. The van der Waals surface area contributed by atoms with Gasteiger partial charge in [-0.15, -0.1) is 0 Å². The van der Waals surface area contributed by atoms with Gasteiger partial charge in [0, 0.05) is 31.9 Å². The predicted octanol–water partition coefficient (Wildman–Crippen LogP) is 1.83. The molecule has 0 unspecified atom stereocenters. The molecule has 0 saturated carbocycles. The van der Waals surface area contributed by atoms with Gasteiger partial charge in [0.15, 0.2) is 0 Å². The first-order chi connectivity index (χ1) is 7.90. The Balaban J connectivity index is 1.72. The molecule has 0 amide bonds. The first-order valence-electron chi connectivity index (χ1n) is 5.63. The largest absolute Gasteiger partial charge is 0.468 e. The molecule has 0 aliphatic rings. The van der Waals surface area contributed by atoms with Crippen LogP contribution in [0.15, 0.2) is 35.2 Å². The van der Waals surface area contributed by atoms with Crippen LogP contribution >= 0.6 is 0 Å². The van der Waals surface area contributed by atoms with Crippen molar-refractivity contribution in [2.75, 3.05) is 6.54 Å². The van der Waals surface area contributed by atoms with Crippen LogP contribution in [0.4, 0.5) is 0 Å². The van der Waals surface area contributed by atoms with Crippen LogP contribution < -0.4 is 5.32 Å². The van der Waals surface area contributed by atoms with Crippen LogP contribution in [0.2, 0.25) is 0 Å². The third kappa shape index (κ3) is 2.73. The number of imidazole rings is 1. The van der Waals surface area contributed by atoms with Crippen LogP contribution in [0.25, 0.3) is 0 Å². The van der Waals surface area contributed by atoms with Crippen LogP contribution in [0.1, 0.15) is 18.5 Å². The van der Waals surface area contributed by atoms with Gasteiger partial charge in [0.25, 0.3) is 0 Å². The lowest BCUT2D eigenvalue weighted by atomic mass is 10.4. The summed E-state index contributed by atoms with van der Waals surface area (Å²) >= 11 is 0. The third-order valence-corrected chi connectivity index (χ3v) is 2.53. The number of hydrogen-bond donors (Lipinski definition) is 1. The number of hydrogen-bond acceptors (Lipinski definition) is 3. The molecule has 2 heterocycles. The molecule has 0 bridgehead atoms. The van der Waals surface area contributed by atoms with Crippen molar-refractivity contribution in [1.82, 2.24) is 14.9 Å². The summed E-state index contributed by atoms with van der Waals surface area (Å²) in [6, 6.07) is 3.88. The van der Waals surface area contributed by atoms with E-state index in [1.807, 2.05) is 24.5 Å². The summed E-state index contributed by atoms with van der Waals surface area (Å²) in [5, 5.41) is 3.34. The minimum Gasteiger partial charge on any atom is -0.468 e. The number of rotatable bonds is 6. The Hall–Kier alpha value is -1.55. The standard InChI is InChI=1S/C12H17N3O/c1-2-12-14-6-8-15(12)7-5-13-10-11-4-3-9-16-11/h3-4,6,8-9,13H,2,5,7,10H2,1H3. The highest BCUT2D eigenvalue weighted by molar-refractivity contribution is 4.97.